The van der Waals surface area contributed by atoms with Crippen molar-refractivity contribution >= 4 is 21.6 Å². The SMILES string of the molecule is CCC(C(=O)N(C)C1CCCC1)N(c1ccccc1)S(C)(=O)=O. The van der Waals surface area contributed by atoms with Crippen LogP contribution < -0.4 is 4.31 Å². The molecule has 1 atom stereocenters. The first-order valence-corrected chi connectivity index (χ1v) is 10.0. The fraction of sp³-hybridized carbons (Fsp3) is 0.588. The van der Waals surface area contributed by atoms with E-state index in [-0.39, 0.29) is 11.9 Å². The van der Waals surface area contributed by atoms with Gasteiger partial charge in [0, 0.05) is 13.1 Å². The van der Waals surface area contributed by atoms with Gasteiger partial charge in [0.25, 0.3) is 0 Å². The highest BCUT2D eigenvalue weighted by Crippen LogP contribution is 2.27. The summed E-state index contributed by atoms with van der Waals surface area (Å²) in [6.45, 7) is 1.85. The van der Waals surface area contributed by atoms with E-state index in [1.165, 1.54) is 4.31 Å². The molecule has 1 aliphatic rings. The third kappa shape index (κ3) is 4.05. The molecule has 0 bridgehead atoms. The molecule has 6 heteroatoms. The second-order valence-corrected chi connectivity index (χ2v) is 8.07. The molecule has 0 radical (unpaired) electrons. The molecule has 1 aromatic rings. The lowest BCUT2D eigenvalue weighted by Gasteiger charge is -2.35. The fourth-order valence-electron chi connectivity index (χ4n) is 3.32. The molecule has 0 aromatic heterocycles. The van der Waals surface area contributed by atoms with E-state index in [9.17, 15) is 13.2 Å². The van der Waals surface area contributed by atoms with Gasteiger partial charge in [-0.15, -0.1) is 0 Å². The summed E-state index contributed by atoms with van der Waals surface area (Å²) in [5.41, 5.74) is 0.537. The average Bonchev–Trinajstić information content (AvgIpc) is 3.05. The molecule has 1 unspecified atom stereocenters. The predicted octanol–water partition coefficient (Wildman–Crippen LogP) is 2.63. The Bertz CT molecular complexity index is 624. The summed E-state index contributed by atoms with van der Waals surface area (Å²) in [6, 6.07) is 8.39. The summed E-state index contributed by atoms with van der Waals surface area (Å²) in [5, 5.41) is 0. The summed E-state index contributed by atoms with van der Waals surface area (Å²) >= 11 is 0. The Balaban J connectivity index is 2.32. The monoisotopic (exact) mass is 338 g/mol. The number of benzene rings is 1. The maximum atomic E-state index is 12.9. The molecule has 23 heavy (non-hydrogen) atoms. The molecule has 1 saturated carbocycles. The summed E-state index contributed by atoms with van der Waals surface area (Å²) < 4.78 is 25.9. The van der Waals surface area contributed by atoms with E-state index in [1.807, 2.05) is 13.0 Å². The number of anilines is 1. The highest BCUT2D eigenvalue weighted by Gasteiger charge is 2.35. The first-order chi connectivity index (χ1) is 10.9. The van der Waals surface area contributed by atoms with E-state index < -0.39 is 16.1 Å². The van der Waals surface area contributed by atoms with E-state index in [0.717, 1.165) is 31.9 Å². The summed E-state index contributed by atoms with van der Waals surface area (Å²) in [6.07, 6.45) is 5.87. The van der Waals surface area contributed by atoms with Gasteiger partial charge in [-0.05, 0) is 31.4 Å². The Labute approximate surface area is 139 Å². The van der Waals surface area contributed by atoms with Crippen molar-refractivity contribution in [2.24, 2.45) is 0 Å². The molecule has 1 fully saturated rings. The Morgan fingerprint density at radius 1 is 1.22 bits per heavy atom. The van der Waals surface area contributed by atoms with Crippen molar-refractivity contribution in [3.63, 3.8) is 0 Å². The summed E-state index contributed by atoms with van der Waals surface area (Å²) in [4.78, 5) is 14.7. The van der Waals surface area contributed by atoms with Crippen LogP contribution in [0.25, 0.3) is 0 Å². The second-order valence-electron chi connectivity index (χ2n) is 6.21. The molecular weight excluding hydrogens is 312 g/mol. The van der Waals surface area contributed by atoms with Gasteiger partial charge in [-0.3, -0.25) is 9.10 Å². The Morgan fingerprint density at radius 3 is 2.26 bits per heavy atom. The highest BCUT2D eigenvalue weighted by atomic mass is 32.2. The van der Waals surface area contributed by atoms with Gasteiger partial charge in [0.05, 0.1) is 11.9 Å². The van der Waals surface area contributed by atoms with Crippen LogP contribution in [0.1, 0.15) is 39.0 Å². The number of hydrogen-bond donors (Lipinski definition) is 0. The maximum Gasteiger partial charge on any atom is 0.246 e. The maximum absolute atomic E-state index is 12.9. The molecule has 0 heterocycles. The molecule has 1 aromatic carbocycles. The zero-order chi connectivity index (χ0) is 17.0. The van der Waals surface area contributed by atoms with Crippen molar-refractivity contribution in [2.45, 2.75) is 51.1 Å². The van der Waals surface area contributed by atoms with E-state index in [2.05, 4.69) is 0 Å². The van der Waals surface area contributed by atoms with Crippen LogP contribution in [0.2, 0.25) is 0 Å². The van der Waals surface area contributed by atoms with Crippen molar-refractivity contribution in [3.05, 3.63) is 30.3 Å². The van der Waals surface area contributed by atoms with Gasteiger partial charge in [-0.1, -0.05) is 38.0 Å². The van der Waals surface area contributed by atoms with Gasteiger partial charge in [-0.2, -0.15) is 0 Å². The molecule has 128 valence electrons. The van der Waals surface area contributed by atoms with Gasteiger partial charge in [0.1, 0.15) is 6.04 Å². The van der Waals surface area contributed by atoms with E-state index in [4.69, 9.17) is 0 Å². The van der Waals surface area contributed by atoms with Crippen LogP contribution in [0.5, 0.6) is 0 Å². The van der Waals surface area contributed by atoms with Crippen molar-refractivity contribution < 1.29 is 13.2 Å². The van der Waals surface area contributed by atoms with Crippen LogP contribution in [0.4, 0.5) is 5.69 Å². The lowest BCUT2D eigenvalue weighted by molar-refractivity contribution is -0.133. The zero-order valence-electron chi connectivity index (χ0n) is 14.1. The number of rotatable bonds is 6. The van der Waals surface area contributed by atoms with Crippen molar-refractivity contribution in [2.75, 3.05) is 17.6 Å². The molecular formula is C17H26N2O3S. The number of sulfonamides is 1. The minimum Gasteiger partial charge on any atom is -0.341 e. The molecule has 0 N–H and O–H groups in total. The molecule has 0 spiro atoms. The van der Waals surface area contributed by atoms with Crippen LogP contribution >= 0.6 is 0 Å². The lowest BCUT2D eigenvalue weighted by Crippen LogP contribution is -2.51. The number of carbonyl (C=O) groups is 1. The van der Waals surface area contributed by atoms with E-state index in [0.29, 0.717) is 12.1 Å². The van der Waals surface area contributed by atoms with Crippen molar-refractivity contribution in [1.82, 2.24) is 4.90 Å². The second kappa shape index (κ2) is 7.34. The molecule has 5 nitrogen and oxygen atoms in total. The van der Waals surface area contributed by atoms with Gasteiger partial charge >= 0.3 is 0 Å². The average molecular weight is 338 g/mol. The third-order valence-electron chi connectivity index (χ3n) is 4.54. The number of hydrogen-bond acceptors (Lipinski definition) is 3. The Kier molecular flexibility index (Phi) is 5.68. The van der Waals surface area contributed by atoms with Crippen molar-refractivity contribution in [3.8, 4) is 0 Å². The molecule has 0 aliphatic heterocycles. The molecule has 1 amide bonds. The van der Waals surface area contributed by atoms with Crippen LogP contribution in [-0.4, -0.2) is 44.6 Å². The van der Waals surface area contributed by atoms with E-state index in [1.54, 1.807) is 36.2 Å². The topological polar surface area (TPSA) is 57.7 Å². The Hall–Kier alpha value is -1.56. The lowest BCUT2D eigenvalue weighted by atomic mass is 10.1. The number of likely N-dealkylation sites (N-methyl/N-ethyl adjacent to an activating group) is 1. The van der Waals surface area contributed by atoms with Crippen LogP contribution in [0, 0.1) is 0 Å². The first-order valence-electron chi connectivity index (χ1n) is 8.17. The highest BCUT2D eigenvalue weighted by molar-refractivity contribution is 7.92. The summed E-state index contributed by atoms with van der Waals surface area (Å²) in [7, 11) is -1.75. The molecule has 1 aliphatic carbocycles. The minimum atomic E-state index is -3.55. The van der Waals surface area contributed by atoms with Gasteiger partial charge < -0.3 is 4.90 Å². The first kappa shape index (κ1) is 17.8. The molecule has 0 saturated heterocycles. The third-order valence-corrected chi connectivity index (χ3v) is 5.72. The number of carbonyl (C=O) groups excluding carboxylic acids is 1. The number of nitrogens with zero attached hydrogens (tertiary/aromatic N) is 2. The quantitative estimate of drug-likeness (QED) is 0.801. The van der Waals surface area contributed by atoms with E-state index >= 15 is 0 Å². The summed E-state index contributed by atoms with van der Waals surface area (Å²) in [5.74, 6) is -0.117. The van der Waals surface area contributed by atoms with Gasteiger partial charge in [0.2, 0.25) is 15.9 Å². The largest absolute Gasteiger partial charge is 0.341 e. The molecule has 2 rings (SSSR count). The standard InChI is InChI=1S/C17H26N2O3S/c1-4-16(17(20)18(2)14-10-8-9-11-14)19(23(3,21)22)15-12-6-5-7-13-15/h5-7,12-14,16H,4,8-11H2,1-3H3. The van der Waals surface area contributed by atoms with Crippen LogP contribution in [0.15, 0.2) is 30.3 Å². The predicted molar refractivity (Wildman–Crippen MR) is 92.9 cm³/mol. The number of amides is 1. The fourth-order valence-corrected chi connectivity index (χ4v) is 4.53. The zero-order valence-corrected chi connectivity index (χ0v) is 14.9. The Morgan fingerprint density at radius 2 is 1.78 bits per heavy atom. The van der Waals surface area contributed by atoms with Crippen LogP contribution in [0.3, 0.4) is 0 Å². The smallest absolute Gasteiger partial charge is 0.246 e. The van der Waals surface area contributed by atoms with Crippen LogP contribution in [-0.2, 0) is 14.8 Å². The van der Waals surface area contributed by atoms with Crippen molar-refractivity contribution in [1.29, 1.82) is 0 Å². The normalized spacial score (nSPS) is 17.0. The minimum absolute atomic E-state index is 0.117. The van der Waals surface area contributed by atoms with Gasteiger partial charge in [0.15, 0.2) is 0 Å². The van der Waals surface area contributed by atoms with Gasteiger partial charge in [-0.25, -0.2) is 8.42 Å². The number of para-hydroxylation sites is 1.